The largest absolute Gasteiger partial charge is 0.298 e. The first kappa shape index (κ1) is 19.4. The highest BCUT2D eigenvalue weighted by molar-refractivity contribution is 5.98. The minimum atomic E-state index is -0.437. The van der Waals surface area contributed by atoms with E-state index in [2.05, 4.69) is 10.5 Å². The van der Waals surface area contributed by atoms with E-state index in [4.69, 9.17) is 9.82 Å². The van der Waals surface area contributed by atoms with Gasteiger partial charge in [0.05, 0.1) is 18.3 Å². The maximum absolute atomic E-state index is 12.2. The molecule has 2 aromatic carbocycles. The van der Waals surface area contributed by atoms with E-state index < -0.39 is 5.91 Å². The standard InChI is InChI=1S/C24H19N3O3/c1-15-19-12-20(17-6-4-3-5-7-17)23(18-10-8-16(14-28)9-11-18)26-21(19)13-22(25-15)24(29)27-30-2/h3-14H,1-2H3,(H,27,29). The van der Waals surface area contributed by atoms with Crippen LogP contribution in [-0.4, -0.2) is 29.3 Å². The fraction of sp³-hybridized carbons (Fsp3) is 0.0833. The summed E-state index contributed by atoms with van der Waals surface area (Å²) in [6, 6.07) is 20.9. The van der Waals surface area contributed by atoms with Crippen LogP contribution < -0.4 is 5.48 Å². The molecule has 4 aromatic rings. The van der Waals surface area contributed by atoms with E-state index in [1.807, 2.05) is 55.5 Å². The Morgan fingerprint density at radius 1 is 0.967 bits per heavy atom. The topological polar surface area (TPSA) is 81.2 Å². The Balaban J connectivity index is 1.97. The van der Waals surface area contributed by atoms with E-state index in [-0.39, 0.29) is 5.69 Å². The predicted molar refractivity (Wildman–Crippen MR) is 115 cm³/mol. The van der Waals surface area contributed by atoms with Crippen LogP contribution >= 0.6 is 0 Å². The third-order valence-electron chi connectivity index (χ3n) is 4.84. The summed E-state index contributed by atoms with van der Waals surface area (Å²) < 4.78 is 0. The van der Waals surface area contributed by atoms with Gasteiger partial charge in [0.25, 0.3) is 5.91 Å². The Labute approximate surface area is 173 Å². The predicted octanol–water partition coefficient (Wildman–Crippen LogP) is 4.38. The molecule has 0 saturated carbocycles. The molecular formula is C24H19N3O3. The zero-order valence-corrected chi connectivity index (χ0v) is 16.5. The summed E-state index contributed by atoms with van der Waals surface area (Å²) in [5.41, 5.74) is 8.05. The number of nitrogens with zero attached hydrogens (tertiary/aromatic N) is 2. The second-order valence-electron chi connectivity index (χ2n) is 6.79. The number of nitrogens with one attached hydrogen (secondary N) is 1. The van der Waals surface area contributed by atoms with Crippen molar-refractivity contribution in [1.29, 1.82) is 0 Å². The van der Waals surface area contributed by atoms with Crippen LogP contribution in [0.15, 0.2) is 66.7 Å². The van der Waals surface area contributed by atoms with Gasteiger partial charge in [-0.05, 0) is 24.6 Å². The number of amides is 1. The lowest BCUT2D eigenvalue weighted by atomic mass is 9.96. The van der Waals surface area contributed by atoms with Crippen LogP contribution in [0.2, 0.25) is 0 Å². The summed E-state index contributed by atoms with van der Waals surface area (Å²) >= 11 is 0. The highest BCUT2D eigenvalue weighted by Gasteiger charge is 2.16. The van der Waals surface area contributed by atoms with Gasteiger partial charge in [0, 0.05) is 27.8 Å². The lowest BCUT2D eigenvalue weighted by molar-refractivity contribution is 0.0532. The number of aromatic nitrogens is 2. The van der Waals surface area contributed by atoms with E-state index >= 15 is 0 Å². The summed E-state index contributed by atoms with van der Waals surface area (Å²) in [5, 5.41) is 0.857. The van der Waals surface area contributed by atoms with E-state index in [0.717, 1.165) is 34.1 Å². The number of aldehydes is 1. The molecule has 0 bridgehead atoms. The maximum Gasteiger partial charge on any atom is 0.293 e. The molecule has 0 unspecified atom stereocenters. The Hall–Kier alpha value is -3.90. The van der Waals surface area contributed by atoms with Gasteiger partial charge >= 0.3 is 0 Å². The quantitative estimate of drug-likeness (QED) is 0.399. The minimum absolute atomic E-state index is 0.226. The lowest BCUT2D eigenvalue weighted by Crippen LogP contribution is -2.23. The summed E-state index contributed by atoms with van der Waals surface area (Å²) in [4.78, 5) is 37.2. The number of hydrogen-bond acceptors (Lipinski definition) is 5. The van der Waals surface area contributed by atoms with Crippen LogP contribution in [0.25, 0.3) is 33.3 Å². The number of rotatable bonds is 5. The lowest BCUT2D eigenvalue weighted by Gasteiger charge is -2.13. The fourth-order valence-corrected chi connectivity index (χ4v) is 3.37. The molecule has 30 heavy (non-hydrogen) atoms. The van der Waals surface area contributed by atoms with Crippen molar-refractivity contribution in [2.75, 3.05) is 7.11 Å². The van der Waals surface area contributed by atoms with Crippen molar-refractivity contribution in [2.45, 2.75) is 6.92 Å². The van der Waals surface area contributed by atoms with Crippen LogP contribution in [0.5, 0.6) is 0 Å². The number of hydroxylamine groups is 1. The zero-order valence-electron chi connectivity index (χ0n) is 16.5. The number of pyridine rings is 2. The summed E-state index contributed by atoms with van der Waals surface area (Å²) in [6.07, 6.45) is 0.811. The molecule has 1 N–H and O–H groups in total. The molecule has 2 heterocycles. The Morgan fingerprint density at radius 2 is 1.70 bits per heavy atom. The molecule has 0 spiro atoms. The first-order chi connectivity index (χ1) is 14.6. The van der Waals surface area contributed by atoms with Gasteiger partial charge in [-0.3, -0.25) is 14.4 Å². The van der Waals surface area contributed by atoms with E-state index in [9.17, 15) is 9.59 Å². The molecule has 0 aliphatic heterocycles. The number of benzene rings is 2. The molecule has 0 radical (unpaired) electrons. The van der Waals surface area contributed by atoms with Crippen molar-refractivity contribution in [3.8, 4) is 22.4 Å². The minimum Gasteiger partial charge on any atom is -0.298 e. The number of aryl methyl sites for hydroxylation is 1. The Bertz CT molecular complexity index is 1240. The first-order valence-corrected chi connectivity index (χ1v) is 9.37. The van der Waals surface area contributed by atoms with Crippen LogP contribution in [0.3, 0.4) is 0 Å². The molecular weight excluding hydrogens is 378 g/mol. The van der Waals surface area contributed by atoms with Crippen molar-refractivity contribution >= 4 is 23.1 Å². The number of hydrogen-bond donors (Lipinski definition) is 1. The zero-order chi connectivity index (χ0) is 21.1. The van der Waals surface area contributed by atoms with Gasteiger partial charge in [0.15, 0.2) is 0 Å². The number of carbonyl (C=O) groups excluding carboxylic acids is 2. The van der Waals surface area contributed by atoms with Gasteiger partial charge < -0.3 is 0 Å². The van der Waals surface area contributed by atoms with Crippen molar-refractivity contribution in [1.82, 2.24) is 15.4 Å². The molecule has 2 aromatic heterocycles. The average Bonchev–Trinajstić information content (AvgIpc) is 2.79. The van der Waals surface area contributed by atoms with Crippen molar-refractivity contribution < 1.29 is 14.4 Å². The molecule has 0 aliphatic carbocycles. The number of carbonyl (C=O) groups is 2. The molecule has 0 aliphatic rings. The van der Waals surface area contributed by atoms with Crippen molar-refractivity contribution in [2.24, 2.45) is 0 Å². The highest BCUT2D eigenvalue weighted by Crippen LogP contribution is 2.34. The normalized spacial score (nSPS) is 10.7. The molecule has 6 heteroatoms. The number of fused-ring (bicyclic) bond motifs is 1. The third kappa shape index (κ3) is 3.68. The Kier molecular flexibility index (Phi) is 5.32. The van der Waals surface area contributed by atoms with Crippen LogP contribution in [0.1, 0.15) is 26.5 Å². The smallest absolute Gasteiger partial charge is 0.293 e. The van der Waals surface area contributed by atoms with Crippen LogP contribution in [-0.2, 0) is 4.84 Å². The van der Waals surface area contributed by atoms with E-state index in [1.54, 1.807) is 18.2 Å². The molecule has 0 atom stereocenters. The average molecular weight is 397 g/mol. The van der Waals surface area contributed by atoms with Crippen LogP contribution in [0, 0.1) is 6.92 Å². The summed E-state index contributed by atoms with van der Waals surface area (Å²) in [6.45, 7) is 1.85. The fourth-order valence-electron chi connectivity index (χ4n) is 3.37. The molecule has 148 valence electrons. The molecule has 6 nitrogen and oxygen atoms in total. The Morgan fingerprint density at radius 3 is 2.37 bits per heavy atom. The van der Waals surface area contributed by atoms with Gasteiger partial charge in [0.1, 0.15) is 12.0 Å². The first-order valence-electron chi connectivity index (χ1n) is 9.37. The second-order valence-corrected chi connectivity index (χ2v) is 6.79. The monoisotopic (exact) mass is 397 g/mol. The highest BCUT2D eigenvalue weighted by atomic mass is 16.6. The van der Waals surface area contributed by atoms with Crippen molar-refractivity contribution in [3.63, 3.8) is 0 Å². The van der Waals surface area contributed by atoms with Crippen molar-refractivity contribution in [3.05, 3.63) is 83.7 Å². The van der Waals surface area contributed by atoms with Gasteiger partial charge in [-0.25, -0.2) is 15.4 Å². The SMILES string of the molecule is CONC(=O)c1cc2nc(-c3ccc(C=O)cc3)c(-c3ccccc3)cc2c(C)n1. The van der Waals surface area contributed by atoms with Gasteiger partial charge in [-0.15, -0.1) is 0 Å². The van der Waals surface area contributed by atoms with E-state index in [0.29, 0.717) is 16.8 Å². The third-order valence-corrected chi connectivity index (χ3v) is 4.84. The van der Waals surface area contributed by atoms with Gasteiger partial charge in [-0.1, -0.05) is 54.6 Å². The summed E-state index contributed by atoms with van der Waals surface area (Å²) in [5.74, 6) is -0.437. The second kappa shape index (κ2) is 8.23. The molecule has 0 fully saturated rings. The molecule has 4 rings (SSSR count). The van der Waals surface area contributed by atoms with Crippen LogP contribution in [0.4, 0.5) is 0 Å². The van der Waals surface area contributed by atoms with Gasteiger partial charge in [-0.2, -0.15) is 0 Å². The van der Waals surface area contributed by atoms with E-state index in [1.165, 1.54) is 7.11 Å². The maximum atomic E-state index is 12.2. The summed E-state index contributed by atoms with van der Waals surface area (Å²) in [7, 11) is 1.37. The molecule has 1 amide bonds. The molecule has 0 saturated heterocycles. The van der Waals surface area contributed by atoms with Gasteiger partial charge in [0.2, 0.25) is 0 Å².